The van der Waals surface area contributed by atoms with E-state index >= 15 is 0 Å². The van der Waals surface area contributed by atoms with E-state index in [0.717, 1.165) is 0 Å². The maximum Gasteiger partial charge on any atom is 0.326 e. The zero-order valence-electron chi connectivity index (χ0n) is 16.4. The summed E-state index contributed by atoms with van der Waals surface area (Å²) in [5, 5.41) is 5.02. The van der Waals surface area contributed by atoms with E-state index < -0.39 is 23.9 Å². The van der Waals surface area contributed by atoms with Crippen molar-refractivity contribution in [2.75, 3.05) is 19.0 Å². The van der Waals surface area contributed by atoms with Gasteiger partial charge in [0.05, 0.1) is 7.11 Å². The highest BCUT2D eigenvalue weighted by Crippen LogP contribution is 2.13. The molecule has 0 aliphatic heterocycles. The Morgan fingerprint density at radius 3 is 2.31 bits per heavy atom. The predicted molar refractivity (Wildman–Crippen MR) is 106 cm³/mol. The van der Waals surface area contributed by atoms with Crippen LogP contribution in [0.15, 0.2) is 48.5 Å². The molecule has 152 valence electrons. The van der Waals surface area contributed by atoms with Gasteiger partial charge in [-0.25, -0.2) is 0 Å². The fourth-order valence-electron chi connectivity index (χ4n) is 2.34. The van der Waals surface area contributed by atoms with E-state index in [2.05, 4.69) is 10.6 Å². The van der Waals surface area contributed by atoms with Crippen LogP contribution < -0.4 is 15.4 Å². The molecule has 0 spiro atoms. The molecule has 2 aromatic rings. The molecule has 8 nitrogen and oxygen atoms in total. The number of carbonyl (C=O) groups is 4. The summed E-state index contributed by atoms with van der Waals surface area (Å²) in [6, 6.07) is 12.8. The van der Waals surface area contributed by atoms with Gasteiger partial charge in [-0.1, -0.05) is 6.07 Å². The molecule has 2 amide bonds. The van der Waals surface area contributed by atoms with Gasteiger partial charge < -0.3 is 20.1 Å². The Kier molecular flexibility index (Phi) is 7.47. The molecule has 0 saturated heterocycles. The van der Waals surface area contributed by atoms with E-state index in [1.54, 1.807) is 42.5 Å². The van der Waals surface area contributed by atoms with Gasteiger partial charge in [-0.15, -0.1) is 0 Å². The number of nitrogens with one attached hydrogen (secondary N) is 2. The number of hydrogen-bond acceptors (Lipinski definition) is 6. The van der Waals surface area contributed by atoms with Crippen LogP contribution in [0.3, 0.4) is 0 Å². The van der Waals surface area contributed by atoms with E-state index in [1.807, 2.05) is 0 Å². The Bertz CT molecular complexity index is 908. The third-order valence-electron chi connectivity index (χ3n) is 3.96. The summed E-state index contributed by atoms with van der Waals surface area (Å²) in [6.45, 7) is 2.48. The zero-order valence-corrected chi connectivity index (χ0v) is 16.4. The van der Waals surface area contributed by atoms with Crippen molar-refractivity contribution in [3.8, 4) is 5.75 Å². The van der Waals surface area contributed by atoms with E-state index in [0.29, 0.717) is 22.6 Å². The summed E-state index contributed by atoms with van der Waals surface area (Å²) in [6.07, 6.45) is -1.07. The Labute approximate surface area is 168 Å². The van der Waals surface area contributed by atoms with Crippen molar-refractivity contribution in [2.24, 2.45) is 0 Å². The van der Waals surface area contributed by atoms with Crippen LogP contribution >= 0.6 is 0 Å². The molecule has 2 rings (SSSR count). The lowest BCUT2D eigenvalue weighted by Crippen LogP contribution is -2.35. The minimum Gasteiger partial charge on any atom is -0.497 e. The quantitative estimate of drug-likeness (QED) is 0.521. The lowest BCUT2D eigenvalue weighted by Gasteiger charge is -2.14. The van der Waals surface area contributed by atoms with Gasteiger partial charge in [-0.05, 0) is 56.3 Å². The van der Waals surface area contributed by atoms with Crippen molar-refractivity contribution in [1.82, 2.24) is 5.32 Å². The zero-order chi connectivity index (χ0) is 21.4. The Morgan fingerprint density at radius 1 is 1.00 bits per heavy atom. The van der Waals surface area contributed by atoms with Gasteiger partial charge >= 0.3 is 5.97 Å². The topological polar surface area (TPSA) is 111 Å². The van der Waals surface area contributed by atoms with Crippen molar-refractivity contribution in [1.29, 1.82) is 0 Å². The first kappa shape index (κ1) is 21.6. The highest BCUT2D eigenvalue weighted by atomic mass is 16.5. The van der Waals surface area contributed by atoms with Gasteiger partial charge in [0.2, 0.25) is 0 Å². The molecule has 0 unspecified atom stereocenters. The number of rotatable bonds is 8. The Morgan fingerprint density at radius 2 is 1.69 bits per heavy atom. The van der Waals surface area contributed by atoms with Crippen molar-refractivity contribution in [3.63, 3.8) is 0 Å². The molecule has 0 aliphatic carbocycles. The summed E-state index contributed by atoms with van der Waals surface area (Å²) in [7, 11) is 1.48. The Hall–Kier alpha value is -3.68. The first-order chi connectivity index (χ1) is 13.8. The summed E-state index contributed by atoms with van der Waals surface area (Å²) < 4.78 is 10.1. The van der Waals surface area contributed by atoms with E-state index in [9.17, 15) is 19.2 Å². The van der Waals surface area contributed by atoms with Gasteiger partial charge in [-0.2, -0.15) is 0 Å². The molecule has 2 aromatic carbocycles. The maximum atomic E-state index is 12.1. The average molecular weight is 398 g/mol. The summed E-state index contributed by atoms with van der Waals surface area (Å²) in [4.78, 5) is 47.4. The number of esters is 1. The lowest BCUT2D eigenvalue weighted by atomic mass is 10.1. The number of ketones is 1. The van der Waals surface area contributed by atoms with Crippen LogP contribution in [0.5, 0.6) is 5.75 Å². The van der Waals surface area contributed by atoms with Gasteiger partial charge in [0.1, 0.15) is 12.3 Å². The van der Waals surface area contributed by atoms with Crippen LogP contribution in [0, 0.1) is 0 Å². The number of benzene rings is 2. The first-order valence-electron chi connectivity index (χ1n) is 8.83. The van der Waals surface area contributed by atoms with E-state index in [4.69, 9.17) is 9.47 Å². The van der Waals surface area contributed by atoms with Crippen molar-refractivity contribution < 1.29 is 28.7 Å². The molecule has 0 saturated carbocycles. The molecular formula is C21H22N2O6. The Balaban J connectivity index is 1.82. The van der Waals surface area contributed by atoms with Crippen LogP contribution in [-0.2, 0) is 14.3 Å². The number of methoxy groups -OCH3 is 1. The van der Waals surface area contributed by atoms with Gasteiger partial charge in [0, 0.05) is 16.8 Å². The molecule has 0 aromatic heterocycles. The van der Waals surface area contributed by atoms with Crippen LogP contribution in [0.2, 0.25) is 0 Å². The predicted octanol–water partition coefficient (Wildman–Crippen LogP) is 2.20. The van der Waals surface area contributed by atoms with Gasteiger partial charge in [0.15, 0.2) is 11.9 Å². The fraction of sp³-hybridized carbons (Fsp3) is 0.238. The number of anilines is 1. The number of ether oxygens (including phenoxy) is 2. The second-order valence-corrected chi connectivity index (χ2v) is 6.17. The van der Waals surface area contributed by atoms with Crippen LogP contribution in [0.1, 0.15) is 34.6 Å². The second kappa shape index (κ2) is 10.0. The molecule has 1 atom stereocenters. The molecule has 0 fully saturated rings. The monoisotopic (exact) mass is 398 g/mol. The van der Waals surface area contributed by atoms with Crippen molar-refractivity contribution in [3.05, 3.63) is 59.7 Å². The van der Waals surface area contributed by atoms with Gasteiger partial charge in [0.25, 0.3) is 11.8 Å². The third-order valence-corrected chi connectivity index (χ3v) is 3.96. The minimum absolute atomic E-state index is 0.0823. The van der Waals surface area contributed by atoms with E-state index in [-0.39, 0.29) is 12.3 Å². The highest BCUT2D eigenvalue weighted by molar-refractivity contribution is 5.98. The van der Waals surface area contributed by atoms with Crippen LogP contribution in [0.4, 0.5) is 5.69 Å². The molecule has 0 aliphatic rings. The van der Waals surface area contributed by atoms with E-state index in [1.165, 1.54) is 27.0 Å². The molecule has 2 N–H and O–H groups in total. The average Bonchev–Trinajstić information content (AvgIpc) is 2.72. The van der Waals surface area contributed by atoms with Crippen molar-refractivity contribution in [2.45, 2.75) is 20.0 Å². The third kappa shape index (κ3) is 6.46. The number of Topliss-reactive ketones (excluding diaryl/α,β-unsaturated/α-hetero) is 1. The first-order valence-corrected chi connectivity index (χ1v) is 8.83. The van der Waals surface area contributed by atoms with Gasteiger partial charge in [-0.3, -0.25) is 19.2 Å². The maximum absolute atomic E-state index is 12.1. The second-order valence-electron chi connectivity index (χ2n) is 6.17. The van der Waals surface area contributed by atoms with Crippen molar-refractivity contribution >= 4 is 29.3 Å². The van der Waals surface area contributed by atoms with Crippen LogP contribution in [0.25, 0.3) is 0 Å². The number of amides is 2. The molecule has 29 heavy (non-hydrogen) atoms. The number of carbonyl (C=O) groups excluding carboxylic acids is 4. The smallest absolute Gasteiger partial charge is 0.326 e. The SMILES string of the molecule is COc1cccc(C(=O)NCC(=O)O[C@@H](C)C(=O)Nc2ccc(C(C)=O)cc2)c1. The molecule has 8 heteroatoms. The largest absolute Gasteiger partial charge is 0.497 e. The minimum atomic E-state index is -1.07. The standard InChI is InChI=1S/C21H22N2O6/c1-13(24)15-7-9-17(10-8-15)23-20(26)14(2)29-19(25)12-22-21(27)16-5-4-6-18(11-16)28-3/h4-11,14H,12H2,1-3H3,(H,22,27)(H,23,26)/t14-/m0/s1. The highest BCUT2D eigenvalue weighted by Gasteiger charge is 2.19. The molecule has 0 heterocycles. The fourth-order valence-corrected chi connectivity index (χ4v) is 2.34. The summed E-state index contributed by atoms with van der Waals surface area (Å²) in [5.41, 5.74) is 1.32. The lowest BCUT2D eigenvalue weighted by molar-refractivity contribution is -0.152. The number of hydrogen-bond donors (Lipinski definition) is 2. The summed E-state index contributed by atoms with van der Waals surface area (Å²) in [5.74, 6) is -1.32. The molecular weight excluding hydrogens is 376 g/mol. The normalized spacial score (nSPS) is 11.1. The van der Waals surface area contributed by atoms with Crippen LogP contribution in [-0.4, -0.2) is 43.3 Å². The summed E-state index contributed by atoms with van der Waals surface area (Å²) >= 11 is 0. The molecule has 0 radical (unpaired) electrons. The molecule has 0 bridgehead atoms.